The third kappa shape index (κ3) is 3.91. The second-order valence-electron chi connectivity index (χ2n) is 6.73. The molecule has 1 fully saturated rings. The molecular weight excluding hydrogens is 397 g/mol. The zero-order chi connectivity index (χ0) is 19.7. The van der Waals surface area contributed by atoms with Crippen molar-refractivity contribution in [2.24, 2.45) is 0 Å². The maximum atomic E-state index is 14.4. The topological polar surface area (TPSA) is 57.2 Å². The SMILES string of the molecule is CC(=O)c1ccc(N2CCN(Cn3[nH]c(-c4cccs4)nc3=S)CC2)c(F)c1. The summed E-state index contributed by atoms with van der Waals surface area (Å²) < 4.78 is 16.8. The lowest BCUT2D eigenvalue weighted by Gasteiger charge is -2.36. The number of carbonyl (C=O) groups is 1. The second-order valence-corrected chi connectivity index (χ2v) is 8.04. The molecule has 0 atom stereocenters. The number of hydrogen-bond donors (Lipinski definition) is 1. The van der Waals surface area contributed by atoms with Crippen molar-refractivity contribution in [1.29, 1.82) is 0 Å². The third-order valence-corrected chi connectivity index (χ3v) is 6.03. The summed E-state index contributed by atoms with van der Waals surface area (Å²) in [5, 5.41) is 5.27. The van der Waals surface area contributed by atoms with E-state index in [-0.39, 0.29) is 11.6 Å². The van der Waals surface area contributed by atoms with Crippen molar-refractivity contribution in [2.75, 3.05) is 31.1 Å². The number of H-pyrrole nitrogens is 1. The fraction of sp³-hybridized carbons (Fsp3) is 0.316. The van der Waals surface area contributed by atoms with Crippen LogP contribution >= 0.6 is 23.6 Å². The highest BCUT2D eigenvalue weighted by atomic mass is 32.1. The predicted molar refractivity (Wildman–Crippen MR) is 111 cm³/mol. The Kier molecular flexibility index (Phi) is 5.38. The second kappa shape index (κ2) is 7.94. The zero-order valence-corrected chi connectivity index (χ0v) is 17.0. The van der Waals surface area contributed by atoms with Crippen molar-refractivity contribution in [2.45, 2.75) is 13.6 Å². The number of benzene rings is 1. The number of rotatable bonds is 5. The van der Waals surface area contributed by atoms with Crippen molar-refractivity contribution in [3.05, 3.63) is 51.9 Å². The molecule has 1 saturated heterocycles. The van der Waals surface area contributed by atoms with E-state index < -0.39 is 0 Å². The minimum atomic E-state index is -0.350. The smallest absolute Gasteiger partial charge is 0.217 e. The van der Waals surface area contributed by atoms with Gasteiger partial charge in [-0.05, 0) is 48.8 Å². The molecule has 2 aromatic heterocycles. The minimum absolute atomic E-state index is 0.131. The molecule has 146 valence electrons. The number of piperazine rings is 1. The average molecular weight is 418 g/mol. The van der Waals surface area contributed by atoms with Gasteiger partial charge in [-0.15, -0.1) is 11.3 Å². The standard InChI is InChI=1S/C19H20FN5OS2/c1-13(26)14-4-5-16(15(20)11-14)24-8-6-23(7-9-24)12-25-19(27)21-18(22-25)17-3-2-10-28-17/h2-5,10-11H,6-9,12H2,1H3,(H,21,22,27). The van der Waals surface area contributed by atoms with Gasteiger partial charge in [-0.2, -0.15) is 4.98 Å². The van der Waals surface area contributed by atoms with Crippen LogP contribution < -0.4 is 4.90 Å². The first-order valence-corrected chi connectivity index (χ1v) is 10.3. The van der Waals surface area contributed by atoms with Crippen LogP contribution in [0.1, 0.15) is 17.3 Å². The first kappa shape index (κ1) is 19.0. The largest absolute Gasteiger partial charge is 0.367 e. The van der Waals surface area contributed by atoms with Crippen LogP contribution in [0.15, 0.2) is 35.7 Å². The summed E-state index contributed by atoms with van der Waals surface area (Å²) in [7, 11) is 0. The van der Waals surface area contributed by atoms with Crippen LogP contribution in [0, 0.1) is 10.6 Å². The van der Waals surface area contributed by atoms with Gasteiger partial charge in [-0.25, -0.2) is 9.07 Å². The van der Waals surface area contributed by atoms with E-state index in [1.54, 1.807) is 23.5 Å². The molecule has 1 aliphatic rings. The predicted octanol–water partition coefficient (Wildman–Crippen LogP) is 3.79. The van der Waals surface area contributed by atoms with Gasteiger partial charge < -0.3 is 4.90 Å². The van der Waals surface area contributed by atoms with Crippen LogP contribution in [-0.2, 0) is 6.67 Å². The molecule has 0 aliphatic carbocycles. The molecular formula is C19H20FN5OS2. The molecule has 3 aromatic rings. The molecule has 4 rings (SSSR count). The molecule has 0 spiro atoms. The maximum Gasteiger partial charge on any atom is 0.217 e. The van der Waals surface area contributed by atoms with Crippen molar-refractivity contribution in [1.82, 2.24) is 19.7 Å². The van der Waals surface area contributed by atoms with E-state index in [2.05, 4.69) is 15.0 Å². The molecule has 1 aliphatic heterocycles. The summed E-state index contributed by atoms with van der Waals surface area (Å²) in [5.41, 5.74) is 0.942. The Hall–Kier alpha value is -2.36. The average Bonchev–Trinajstić information content (AvgIpc) is 3.33. The van der Waals surface area contributed by atoms with Crippen molar-refractivity contribution in [3.8, 4) is 10.7 Å². The highest BCUT2D eigenvalue weighted by Gasteiger charge is 2.21. The lowest BCUT2D eigenvalue weighted by atomic mass is 10.1. The van der Waals surface area contributed by atoms with Crippen LogP contribution in [0.25, 0.3) is 10.7 Å². The number of thiophene rings is 1. The lowest BCUT2D eigenvalue weighted by Crippen LogP contribution is -2.47. The molecule has 1 aromatic carbocycles. The number of nitrogens with one attached hydrogen (secondary N) is 1. The Morgan fingerprint density at radius 2 is 2.07 bits per heavy atom. The summed E-state index contributed by atoms with van der Waals surface area (Å²) in [5.74, 6) is 0.303. The first-order valence-electron chi connectivity index (χ1n) is 9.00. The van der Waals surface area contributed by atoms with Crippen LogP contribution in [-0.4, -0.2) is 51.6 Å². The molecule has 9 heteroatoms. The summed E-state index contributed by atoms with van der Waals surface area (Å²) >= 11 is 6.99. The van der Waals surface area contributed by atoms with Gasteiger partial charge in [0.2, 0.25) is 4.77 Å². The highest BCUT2D eigenvalue weighted by Crippen LogP contribution is 2.23. The normalized spacial score (nSPS) is 15.1. The summed E-state index contributed by atoms with van der Waals surface area (Å²) in [6.07, 6.45) is 0. The first-order chi connectivity index (χ1) is 13.5. The molecule has 0 radical (unpaired) electrons. The quantitative estimate of drug-likeness (QED) is 0.506. The maximum absolute atomic E-state index is 14.4. The minimum Gasteiger partial charge on any atom is -0.367 e. The summed E-state index contributed by atoms with van der Waals surface area (Å²) in [6.45, 7) is 5.03. The van der Waals surface area contributed by atoms with E-state index in [9.17, 15) is 9.18 Å². The fourth-order valence-corrected chi connectivity index (χ4v) is 4.15. The van der Waals surface area contributed by atoms with E-state index in [0.717, 1.165) is 23.8 Å². The van der Waals surface area contributed by atoms with Crippen LogP contribution in [0.3, 0.4) is 0 Å². The van der Waals surface area contributed by atoms with Crippen LogP contribution in [0.4, 0.5) is 10.1 Å². The van der Waals surface area contributed by atoms with Crippen LogP contribution in [0.2, 0.25) is 0 Å². The van der Waals surface area contributed by atoms with Crippen molar-refractivity contribution < 1.29 is 9.18 Å². The van der Waals surface area contributed by atoms with Gasteiger partial charge in [0.1, 0.15) is 5.82 Å². The summed E-state index contributed by atoms with van der Waals surface area (Å²) in [4.78, 5) is 21.2. The molecule has 6 nitrogen and oxygen atoms in total. The number of Topliss-reactive ketones (excluding diaryl/α,β-unsaturated/α-hetero) is 1. The number of nitrogens with zero attached hydrogens (tertiary/aromatic N) is 4. The Morgan fingerprint density at radius 3 is 2.71 bits per heavy atom. The highest BCUT2D eigenvalue weighted by molar-refractivity contribution is 7.71. The van der Waals surface area contributed by atoms with E-state index in [1.807, 2.05) is 27.1 Å². The number of hydrogen-bond acceptors (Lipinski definition) is 6. The monoisotopic (exact) mass is 417 g/mol. The van der Waals surface area contributed by atoms with Gasteiger partial charge >= 0.3 is 0 Å². The van der Waals surface area contributed by atoms with Gasteiger partial charge in [0, 0.05) is 31.7 Å². The van der Waals surface area contributed by atoms with Crippen molar-refractivity contribution >= 4 is 35.0 Å². The van der Waals surface area contributed by atoms with E-state index >= 15 is 0 Å². The number of carbonyl (C=O) groups excluding carboxylic acids is 1. The number of aromatic nitrogens is 3. The van der Waals surface area contributed by atoms with Gasteiger partial charge in [0.25, 0.3) is 0 Å². The van der Waals surface area contributed by atoms with Gasteiger partial charge in [0.05, 0.1) is 17.2 Å². The van der Waals surface area contributed by atoms with Gasteiger partial charge in [-0.3, -0.25) is 14.8 Å². The number of ketones is 1. The molecule has 1 N–H and O–H groups in total. The molecule has 0 saturated carbocycles. The number of anilines is 1. The Labute approximate surface area is 171 Å². The summed E-state index contributed by atoms with van der Waals surface area (Å²) in [6, 6.07) is 8.69. The van der Waals surface area contributed by atoms with Gasteiger partial charge in [-0.1, -0.05) is 6.07 Å². The molecule has 0 unspecified atom stereocenters. The Bertz CT molecular complexity index is 1040. The fourth-order valence-electron chi connectivity index (χ4n) is 3.29. The van der Waals surface area contributed by atoms with Crippen molar-refractivity contribution in [3.63, 3.8) is 0 Å². The number of halogens is 1. The lowest BCUT2D eigenvalue weighted by molar-refractivity contribution is 0.101. The van der Waals surface area contributed by atoms with E-state index in [4.69, 9.17) is 12.2 Å². The third-order valence-electron chi connectivity index (χ3n) is 4.84. The van der Waals surface area contributed by atoms with E-state index in [0.29, 0.717) is 35.8 Å². The van der Waals surface area contributed by atoms with Crippen LogP contribution in [0.5, 0.6) is 0 Å². The molecule has 28 heavy (non-hydrogen) atoms. The molecule has 0 bridgehead atoms. The Balaban J connectivity index is 1.40. The molecule has 3 heterocycles. The Morgan fingerprint density at radius 1 is 1.29 bits per heavy atom. The zero-order valence-electron chi connectivity index (χ0n) is 15.4. The van der Waals surface area contributed by atoms with E-state index in [1.165, 1.54) is 13.0 Å². The molecule has 0 amide bonds. The van der Waals surface area contributed by atoms with Gasteiger partial charge in [0.15, 0.2) is 11.6 Å². The number of aromatic amines is 1.